The first kappa shape index (κ1) is 16.9. The van der Waals surface area contributed by atoms with Crippen LogP contribution in [0.4, 0.5) is 5.69 Å². The Kier molecular flexibility index (Phi) is 6.31. The first-order valence-electron chi connectivity index (χ1n) is 7.76. The third kappa shape index (κ3) is 5.37. The molecule has 1 aromatic rings. The van der Waals surface area contributed by atoms with Crippen LogP contribution in [0.3, 0.4) is 0 Å². The molecule has 1 aromatic carbocycles. The fraction of sp³-hybridized carbons (Fsp3) is 0.529. The number of carbonyl (C=O) groups is 2. The Bertz CT molecular complexity index is 510. The van der Waals surface area contributed by atoms with E-state index in [9.17, 15) is 9.59 Å². The lowest BCUT2D eigenvalue weighted by atomic mass is 10.2. The monoisotopic (exact) mass is 320 g/mol. The third-order valence-electron chi connectivity index (χ3n) is 3.89. The van der Waals surface area contributed by atoms with Crippen LogP contribution in [0.2, 0.25) is 0 Å². The first-order valence-corrected chi connectivity index (χ1v) is 8.81. The first-order chi connectivity index (χ1) is 10.5. The molecule has 1 saturated carbocycles. The number of aryl methyl sites for hydroxylation is 1. The van der Waals surface area contributed by atoms with Gasteiger partial charge in [-0.15, -0.1) is 11.8 Å². The van der Waals surface area contributed by atoms with Gasteiger partial charge in [-0.1, -0.05) is 30.5 Å². The van der Waals surface area contributed by atoms with Crippen LogP contribution in [0.15, 0.2) is 24.3 Å². The predicted octanol–water partition coefficient (Wildman–Crippen LogP) is 3.07. The second-order valence-corrected chi connectivity index (χ2v) is 7.17. The molecule has 2 amide bonds. The van der Waals surface area contributed by atoms with Gasteiger partial charge in [0.25, 0.3) is 0 Å². The second kappa shape index (κ2) is 8.22. The van der Waals surface area contributed by atoms with E-state index in [4.69, 9.17) is 0 Å². The van der Waals surface area contributed by atoms with Crippen LogP contribution < -0.4 is 5.32 Å². The van der Waals surface area contributed by atoms with Crippen molar-refractivity contribution in [1.29, 1.82) is 0 Å². The van der Waals surface area contributed by atoms with Gasteiger partial charge in [-0.05, 0) is 31.9 Å². The SMILES string of the molecule is Cc1ccc(NC(=O)CN(C)C(=O)CSC2CCCC2)cc1. The van der Waals surface area contributed by atoms with Crippen LogP contribution in [0.5, 0.6) is 0 Å². The maximum Gasteiger partial charge on any atom is 0.243 e. The normalized spacial score (nSPS) is 14.8. The number of likely N-dealkylation sites (N-methyl/N-ethyl adjacent to an activating group) is 1. The van der Waals surface area contributed by atoms with Crippen molar-refractivity contribution < 1.29 is 9.59 Å². The lowest BCUT2D eigenvalue weighted by Gasteiger charge is -2.18. The van der Waals surface area contributed by atoms with Gasteiger partial charge in [0.2, 0.25) is 11.8 Å². The second-order valence-electron chi connectivity index (χ2n) is 5.88. The minimum Gasteiger partial charge on any atom is -0.336 e. The fourth-order valence-corrected chi connectivity index (χ4v) is 3.76. The van der Waals surface area contributed by atoms with Crippen LogP contribution in [0.25, 0.3) is 0 Å². The van der Waals surface area contributed by atoms with E-state index in [0.717, 1.165) is 11.3 Å². The summed E-state index contributed by atoms with van der Waals surface area (Å²) >= 11 is 1.73. The van der Waals surface area contributed by atoms with E-state index in [1.165, 1.54) is 30.6 Å². The smallest absolute Gasteiger partial charge is 0.243 e. The number of thioether (sulfide) groups is 1. The van der Waals surface area contributed by atoms with Crippen molar-refractivity contribution in [3.8, 4) is 0 Å². The summed E-state index contributed by atoms with van der Waals surface area (Å²) in [6.07, 6.45) is 4.99. The largest absolute Gasteiger partial charge is 0.336 e. The molecular formula is C17H24N2O2S. The van der Waals surface area contributed by atoms with E-state index in [2.05, 4.69) is 5.32 Å². The van der Waals surface area contributed by atoms with Gasteiger partial charge in [0, 0.05) is 18.0 Å². The number of hydrogen-bond acceptors (Lipinski definition) is 3. The maximum absolute atomic E-state index is 12.1. The average molecular weight is 320 g/mol. The molecule has 0 saturated heterocycles. The standard InChI is InChI=1S/C17H24N2O2S/c1-13-7-9-14(10-8-13)18-16(20)11-19(2)17(21)12-22-15-5-3-4-6-15/h7-10,15H,3-6,11-12H2,1-2H3,(H,18,20). The van der Waals surface area contributed by atoms with E-state index >= 15 is 0 Å². The number of anilines is 1. The van der Waals surface area contributed by atoms with E-state index in [1.807, 2.05) is 31.2 Å². The van der Waals surface area contributed by atoms with Crippen molar-refractivity contribution in [2.75, 3.05) is 24.7 Å². The number of benzene rings is 1. The Hall–Kier alpha value is -1.49. The Morgan fingerprint density at radius 2 is 1.86 bits per heavy atom. The zero-order valence-electron chi connectivity index (χ0n) is 13.3. The Morgan fingerprint density at radius 3 is 2.50 bits per heavy atom. The number of carbonyl (C=O) groups excluding carboxylic acids is 2. The minimum absolute atomic E-state index is 0.0240. The highest BCUT2D eigenvalue weighted by Crippen LogP contribution is 2.29. The molecule has 0 aromatic heterocycles. The number of rotatable bonds is 6. The van der Waals surface area contributed by atoms with E-state index in [-0.39, 0.29) is 18.4 Å². The molecule has 0 aliphatic heterocycles. The summed E-state index contributed by atoms with van der Waals surface area (Å²) in [5.74, 6) is 0.334. The molecule has 0 heterocycles. The summed E-state index contributed by atoms with van der Waals surface area (Å²) < 4.78 is 0. The zero-order valence-corrected chi connectivity index (χ0v) is 14.1. The molecule has 0 radical (unpaired) electrons. The van der Waals surface area contributed by atoms with Gasteiger partial charge in [0.1, 0.15) is 0 Å². The Balaban J connectivity index is 1.72. The summed E-state index contributed by atoms with van der Waals surface area (Å²) in [7, 11) is 1.69. The van der Waals surface area contributed by atoms with Gasteiger partial charge in [0.05, 0.1) is 12.3 Å². The van der Waals surface area contributed by atoms with Gasteiger partial charge in [-0.2, -0.15) is 0 Å². The van der Waals surface area contributed by atoms with Crippen molar-refractivity contribution in [2.24, 2.45) is 0 Å². The van der Waals surface area contributed by atoms with E-state index in [0.29, 0.717) is 11.0 Å². The molecule has 1 N–H and O–H groups in total. The highest BCUT2D eigenvalue weighted by Gasteiger charge is 2.19. The van der Waals surface area contributed by atoms with Gasteiger partial charge in [-0.25, -0.2) is 0 Å². The highest BCUT2D eigenvalue weighted by molar-refractivity contribution is 8.00. The molecule has 2 rings (SSSR count). The van der Waals surface area contributed by atoms with Crippen LogP contribution in [0, 0.1) is 6.92 Å². The van der Waals surface area contributed by atoms with Gasteiger partial charge >= 0.3 is 0 Å². The molecule has 120 valence electrons. The lowest BCUT2D eigenvalue weighted by Crippen LogP contribution is -2.36. The average Bonchev–Trinajstić information content (AvgIpc) is 3.00. The highest BCUT2D eigenvalue weighted by atomic mass is 32.2. The molecule has 0 bridgehead atoms. The van der Waals surface area contributed by atoms with Crippen molar-refractivity contribution in [3.63, 3.8) is 0 Å². The molecule has 1 aliphatic rings. The Labute approximate surface area is 136 Å². The van der Waals surface area contributed by atoms with E-state index < -0.39 is 0 Å². The summed E-state index contributed by atoms with van der Waals surface area (Å²) in [6, 6.07) is 7.63. The number of hydrogen-bond donors (Lipinski definition) is 1. The molecule has 4 nitrogen and oxygen atoms in total. The van der Waals surface area contributed by atoms with E-state index in [1.54, 1.807) is 18.8 Å². The predicted molar refractivity (Wildman–Crippen MR) is 92.2 cm³/mol. The molecular weight excluding hydrogens is 296 g/mol. The number of nitrogens with zero attached hydrogens (tertiary/aromatic N) is 1. The minimum atomic E-state index is -0.162. The molecule has 5 heteroatoms. The quantitative estimate of drug-likeness (QED) is 0.876. The topological polar surface area (TPSA) is 49.4 Å². The van der Waals surface area contributed by atoms with Crippen LogP contribution in [-0.4, -0.2) is 41.3 Å². The molecule has 1 aliphatic carbocycles. The van der Waals surface area contributed by atoms with Crippen molar-refractivity contribution in [3.05, 3.63) is 29.8 Å². The van der Waals surface area contributed by atoms with Crippen molar-refractivity contribution in [2.45, 2.75) is 37.9 Å². The van der Waals surface area contributed by atoms with Crippen LogP contribution in [-0.2, 0) is 9.59 Å². The van der Waals surface area contributed by atoms with Gasteiger partial charge in [0.15, 0.2) is 0 Å². The molecule has 22 heavy (non-hydrogen) atoms. The molecule has 1 fully saturated rings. The third-order valence-corrected chi connectivity index (χ3v) is 5.24. The number of nitrogens with one attached hydrogen (secondary N) is 1. The number of amides is 2. The summed E-state index contributed by atoms with van der Waals surface area (Å²) in [5.41, 5.74) is 1.91. The fourth-order valence-electron chi connectivity index (χ4n) is 2.50. The van der Waals surface area contributed by atoms with Gasteiger partial charge < -0.3 is 10.2 Å². The van der Waals surface area contributed by atoms with Crippen molar-refractivity contribution in [1.82, 2.24) is 4.90 Å². The van der Waals surface area contributed by atoms with Crippen LogP contribution >= 0.6 is 11.8 Å². The van der Waals surface area contributed by atoms with Crippen LogP contribution in [0.1, 0.15) is 31.2 Å². The molecule has 0 spiro atoms. The molecule has 0 atom stereocenters. The maximum atomic E-state index is 12.1. The summed E-state index contributed by atoms with van der Waals surface area (Å²) in [6.45, 7) is 2.10. The Morgan fingerprint density at radius 1 is 1.23 bits per heavy atom. The lowest BCUT2D eigenvalue weighted by molar-refractivity contribution is -0.131. The van der Waals surface area contributed by atoms with Gasteiger partial charge in [-0.3, -0.25) is 9.59 Å². The zero-order chi connectivity index (χ0) is 15.9. The molecule has 0 unspecified atom stereocenters. The van der Waals surface area contributed by atoms with Crippen molar-refractivity contribution >= 4 is 29.3 Å². The summed E-state index contributed by atoms with van der Waals surface area (Å²) in [5, 5.41) is 3.44. The summed E-state index contributed by atoms with van der Waals surface area (Å²) in [4.78, 5) is 25.5.